The first kappa shape index (κ1) is 12.6. The van der Waals surface area contributed by atoms with E-state index in [9.17, 15) is 9.18 Å². The van der Waals surface area contributed by atoms with Crippen molar-refractivity contribution in [3.05, 3.63) is 29.6 Å². The third-order valence-electron chi connectivity index (χ3n) is 4.52. The number of hydrogen-bond acceptors (Lipinski definition) is 2. The van der Waals surface area contributed by atoms with Crippen LogP contribution in [-0.2, 0) is 11.2 Å². The summed E-state index contributed by atoms with van der Waals surface area (Å²) in [6.45, 7) is 0.994. The molecule has 0 N–H and O–H groups in total. The van der Waals surface area contributed by atoms with Crippen LogP contribution < -0.4 is 4.90 Å². The van der Waals surface area contributed by atoms with Crippen molar-refractivity contribution >= 4 is 12.0 Å². The Morgan fingerprint density at radius 2 is 2.05 bits per heavy atom. The Morgan fingerprint density at radius 3 is 2.89 bits per heavy atom. The molecule has 0 saturated carbocycles. The zero-order chi connectivity index (χ0) is 13.2. The highest BCUT2D eigenvalue weighted by Crippen LogP contribution is 2.37. The Hall–Kier alpha value is -1.38. The third kappa shape index (κ3) is 2.38. The lowest BCUT2D eigenvalue weighted by Gasteiger charge is -2.43. The second-order valence-electron chi connectivity index (χ2n) is 5.74. The molecule has 19 heavy (non-hydrogen) atoms. The van der Waals surface area contributed by atoms with Gasteiger partial charge in [-0.3, -0.25) is 0 Å². The molecule has 2 aliphatic heterocycles. The predicted molar refractivity (Wildman–Crippen MR) is 73.9 cm³/mol. The van der Waals surface area contributed by atoms with Gasteiger partial charge in [0.05, 0.1) is 0 Å². The van der Waals surface area contributed by atoms with Crippen LogP contribution in [0.1, 0.15) is 37.7 Å². The maximum atomic E-state index is 13.4. The monoisotopic (exact) mass is 261 g/mol. The number of benzene rings is 1. The topological polar surface area (TPSA) is 20.3 Å². The molecule has 0 radical (unpaired) electrons. The van der Waals surface area contributed by atoms with Gasteiger partial charge in [-0.2, -0.15) is 0 Å². The molecule has 3 rings (SSSR count). The van der Waals surface area contributed by atoms with Gasteiger partial charge < -0.3 is 9.69 Å². The van der Waals surface area contributed by atoms with Crippen molar-refractivity contribution in [3.63, 3.8) is 0 Å². The standard InChI is InChI=1S/C16H20FNO/c17-14-6-7-16-12(10-14)9-13(11-19)15-5-3-1-2-4-8-18(15)16/h6-7,10-11,13,15H,1-5,8-9H2/t13-,15+/m0/s1. The Kier molecular flexibility index (Phi) is 3.54. The first-order valence-corrected chi connectivity index (χ1v) is 7.30. The van der Waals surface area contributed by atoms with Crippen molar-refractivity contribution < 1.29 is 9.18 Å². The van der Waals surface area contributed by atoms with E-state index in [0.717, 1.165) is 30.5 Å². The fourth-order valence-electron chi connectivity index (χ4n) is 3.58. The van der Waals surface area contributed by atoms with Gasteiger partial charge in [-0.15, -0.1) is 0 Å². The van der Waals surface area contributed by atoms with Gasteiger partial charge in [0.15, 0.2) is 0 Å². The summed E-state index contributed by atoms with van der Waals surface area (Å²) in [4.78, 5) is 13.7. The summed E-state index contributed by atoms with van der Waals surface area (Å²) < 4.78 is 13.4. The Labute approximate surface area is 113 Å². The summed E-state index contributed by atoms with van der Waals surface area (Å²) in [5.41, 5.74) is 2.14. The van der Waals surface area contributed by atoms with Crippen molar-refractivity contribution in [2.45, 2.75) is 44.6 Å². The molecule has 1 fully saturated rings. The smallest absolute Gasteiger partial charge is 0.125 e. The van der Waals surface area contributed by atoms with Gasteiger partial charge in [-0.1, -0.05) is 19.3 Å². The van der Waals surface area contributed by atoms with Crippen molar-refractivity contribution in [1.82, 2.24) is 0 Å². The maximum Gasteiger partial charge on any atom is 0.125 e. The summed E-state index contributed by atoms with van der Waals surface area (Å²) in [7, 11) is 0. The van der Waals surface area contributed by atoms with Crippen LogP contribution in [0.3, 0.4) is 0 Å². The molecule has 102 valence electrons. The predicted octanol–water partition coefficient (Wildman–Crippen LogP) is 3.34. The van der Waals surface area contributed by atoms with Crippen LogP contribution in [0.15, 0.2) is 18.2 Å². The third-order valence-corrected chi connectivity index (χ3v) is 4.52. The minimum Gasteiger partial charge on any atom is -0.368 e. The number of carbonyl (C=O) groups excluding carboxylic acids is 1. The molecule has 2 heterocycles. The highest BCUT2D eigenvalue weighted by atomic mass is 19.1. The van der Waals surface area contributed by atoms with Crippen molar-refractivity contribution in [3.8, 4) is 0 Å². The summed E-state index contributed by atoms with van der Waals surface area (Å²) in [6.07, 6.45) is 7.74. The quantitative estimate of drug-likeness (QED) is 0.723. The van der Waals surface area contributed by atoms with Crippen LogP contribution in [-0.4, -0.2) is 18.9 Å². The van der Waals surface area contributed by atoms with Crippen LogP contribution in [0.25, 0.3) is 0 Å². The molecule has 1 saturated heterocycles. The van der Waals surface area contributed by atoms with Gasteiger partial charge in [0.25, 0.3) is 0 Å². The maximum absolute atomic E-state index is 13.4. The number of nitrogens with zero attached hydrogens (tertiary/aromatic N) is 1. The average molecular weight is 261 g/mol. The fraction of sp³-hybridized carbons (Fsp3) is 0.562. The number of fused-ring (bicyclic) bond motifs is 3. The largest absolute Gasteiger partial charge is 0.368 e. The van der Waals surface area contributed by atoms with E-state index in [2.05, 4.69) is 4.90 Å². The first-order chi connectivity index (χ1) is 9.29. The lowest BCUT2D eigenvalue weighted by Crippen LogP contribution is -2.47. The molecule has 1 aromatic rings. The van der Waals surface area contributed by atoms with Gasteiger partial charge in [0.1, 0.15) is 12.1 Å². The molecule has 3 heteroatoms. The zero-order valence-corrected chi connectivity index (χ0v) is 11.1. The number of hydrogen-bond donors (Lipinski definition) is 0. The average Bonchev–Trinajstić information content (AvgIpc) is 2.38. The minimum atomic E-state index is -0.200. The van der Waals surface area contributed by atoms with Gasteiger partial charge in [0, 0.05) is 24.2 Å². The lowest BCUT2D eigenvalue weighted by atomic mass is 9.82. The molecule has 2 aliphatic rings. The van der Waals surface area contributed by atoms with Gasteiger partial charge in [-0.05, 0) is 43.0 Å². The molecule has 0 unspecified atom stereocenters. The van der Waals surface area contributed by atoms with E-state index in [1.807, 2.05) is 6.07 Å². The van der Waals surface area contributed by atoms with Crippen LogP contribution in [0.4, 0.5) is 10.1 Å². The number of rotatable bonds is 1. The second-order valence-corrected chi connectivity index (χ2v) is 5.74. The van der Waals surface area contributed by atoms with Crippen LogP contribution in [0.2, 0.25) is 0 Å². The Balaban J connectivity index is 1.99. The molecule has 0 bridgehead atoms. The highest BCUT2D eigenvalue weighted by molar-refractivity contribution is 5.65. The fourth-order valence-corrected chi connectivity index (χ4v) is 3.58. The van der Waals surface area contributed by atoms with Crippen LogP contribution >= 0.6 is 0 Å². The Morgan fingerprint density at radius 1 is 1.21 bits per heavy atom. The number of halogens is 1. The van der Waals surface area contributed by atoms with Gasteiger partial charge in [-0.25, -0.2) is 4.39 Å². The first-order valence-electron chi connectivity index (χ1n) is 7.30. The van der Waals surface area contributed by atoms with E-state index in [0.29, 0.717) is 12.5 Å². The molecule has 0 aromatic heterocycles. The van der Waals surface area contributed by atoms with Crippen molar-refractivity contribution in [2.75, 3.05) is 11.4 Å². The molecule has 2 nitrogen and oxygen atoms in total. The molecule has 0 amide bonds. The minimum absolute atomic E-state index is 0.0207. The highest BCUT2D eigenvalue weighted by Gasteiger charge is 2.34. The summed E-state index contributed by atoms with van der Waals surface area (Å²) in [5, 5.41) is 0. The summed E-state index contributed by atoms with van der Waals surface area (Å²) >= 11 is 0. The molecule has 0 aliphatic carbocycles. The van der Waals surface area contributed by atoms with E-state index in [1.54, 1.807) is 6.07 Å². The summed E-state index contributed by atoms with van der Waals surface area (Å²) in [5.74, 6) is -0.179. The van der Waals surface area contributed by atoms with Crippen molar-refractivity contribution in [2.24, 2.45) is 5.92 Å². The van der Waals surface area contributed by atoms with E-state index in [-0.39, 0.29) is 11.7 Å². The van der Waals surface area contributed by atoms with E-state index >= 15 is 0 Å². The number of carbonyl (C=O) groups is 1. The number of anilines is 1. The number of aldehydes is 1. The van der Waals surface area contributed by atoms with E-state index in [1.165, 1.54) is 31.7 Å². The zero-order valence-electron chi connectivity index (χ0n) is 11.1. The van der Waals surface area contributed by atoms with Gasteiger partial charge >= 0.3 is 0 Å². The van der Waals surface area contributed by atoms with E-state index < -0.39 is 0 Å². The van der Waals surface area contributed by atoms with E-state index in [4.69, 9.17) is 0 Å². The molecular weight excluding hydrogens is 241 g/mol. The normalized spacial score (nSPS) is 26.9. The van der Waals surface area contributed by atoms with Crippen LogP contribution in [0.5, 0.6) is 0 Å². The lowest BCUT2D eigenvalue weighted by molar-refractivity contribution is -0.111. The summed E-state index contributed by atoms with van der Waals surface area (Å²) in [6, 6.07) is 5.34. The molecule has 2 atom stereocenters. The molecule has 1 aromatic carbocycles. The Bertz CT molecular complexity index is 474. The SMILES string of the molecule is O=C[C@@H]1Cc2cc(F)ccc2N2CCCCCC[C@H]12. The van der Waals surface area contributed by atoms with Gasteiger partial charge in [0.2, 0.25) is 0 Å². The molecule has 0 spiro atoms. The van der Waals surface area contributed by atoms with Crippen molar-refractivity contribution in [1.29, 1.82) is 0 Å². The molecular formula is C16H20FNO. The second kappa shape index (κ2) is 5.32. The van der Waals surface area contributed by atoms with Crippen LogP contribution in [0, 0.1) is 11.7 Å².